The van der Waals surface area contributed by atoms with Crippen LogP contribution in [-0.4, -0.2) is 54.7 Å². The number of hydrogen-bond acceptors (Lipinski definition) is 4. The maximum absolute atomic E-state index is 12.2. The monoisotopic (exact) mass is 382 g/mol. The van der Waals surface area contributed by atoms with Gasteiger partial charge in [0, 0.05) is 20.0 Å². The van der Waals surface area contributed by atoms with E-state index in [1.54, 1.807) is 0 Å². The summed E-state index contributed by atoms with van der Waals surface area (Å²) in [5.74, 6) is -1.80. The van der Waals surface area contributed by atoms with Crippen molar-refractivity contribution < 1.29 is 24.2 Å². The van der Waals surface area contributed by atoms with Crippen molar-refractivity contribution >= 4 is 18.0 Å². The molecule has 0 fully saturated rings. The molecular weight excluding hydrogens is 360 g/mol. The van der Waals surface area contributed by atoms with Crippen molar-refractivity contribution in [1.82, 2.24) is 10.2 Å². The van der Waals surface area contributed by atoms with Crippen LogP contribution in [0.15, 0.2) is 48.5 Å². The van der Waals surface area contributed by atoms with Crippen LogP contribution in [0, 0.1) is 0 Å². The van der Waals surface area contributed by atoms with Gasteiger partial charge in [0.05, 0.1) is 6.42 Å². The molecule has 28 heavy (non-hydrogen) atoms. The van der Waals surface area contributed by atoms with E-state index in [0.717, 1.165) is 22.3 Å². The van der Waals surface area contributed by atoms with Crippen molar-refractivity contribution in [1.29, 1.82) is 0 Å². The number of alkyl carbamates (subject to hydrolysis) is 1. The lowest BCUT2D eigenvalue weighted by molar-refractivity contribution is -0.141. The Kier molecular flexibility index (Phi) is 5.63. The quantitative estimate of drug-likeness (QED) is 0.800. The Bertz CT molecular complexity index is 864. The molecule has 0 bridgehead atoms. The van der Waals surface area contributed by atoms with Gasteiger partial charge >= 0.3 is 12.1 Å². The number of amides is 2. The molecule has 3 rings (SSSR count). The highest BCUT2D eigenvalue weighted by atomic mass is 16.5. The molecule has 1 aliphatic rings. The fourth-order valence-corrected chi connectivity index (χ4v) is 3.47. The lowest BCUT2D eigenvalue weighted by Gasteiger charge is -2.21. The number of benzene rings is 2. The number of hydrogen-bond donors (Lipinski definition) is 2. The molecule has 2 aromatic carbocycles. The van der Waals surface area contributed by atoms with E-state index in [1.165, 1.54) is 19.0 Å². The molecule has 146 valence electrons. The van der Waals surface area contributed by atoms with Gasteiger partial charge in [-0.25, -0.2) is 4.79 Å². The van der Waals surface area contributed by atoms with Gasteiger partial charge in [0.2, 0.25) is 5.91 Å². The number of carbonyl (C=O) groups is 3. The number of fused-ring (bicyclic) bond motifs is 3. The standard InChI is InChI=1S/C21H22N2O5/c1-23(2)20(26)18(11-19(24)25)22-21(27)28-12-17-15-9-5-3-7-13(15)14-8-4-6-10-16(14)17/h3-10,17-18H,11-12H2,1-2H3,(H,22,27)(H,24,25)/t18-/m0/s1. The van der Waals surface area contributed by atoms with Crippen LogP contribution in [0.5, 0.6) is 0 Å². The predicted molar refractivity (Wildman–Crippen MR) is 103 cm³/mol. The Balaban J connectivity index is 1.70. The second kappa shape index (κ2) is 8.12. The molecule has 0 aromatic heterocycles. The number of nitrogens with one attached hydrogen (secondary N) is 1. The molecule has 1 atom stereocenters. The highest BCUT2D eigenvalue weighted by Gasteiger charge is 2.30. The Morgan fingerprint density at radius 1 is 1.04 bits per heavy atom. The zero-order chi connectivity index (χ0) is 20.3. The molecular formula is C21H22N2O5. The second-order valence-electron chi connectivity index (χ2n) is 6.85. The van der Waals surface area contributed by atoms with E-state index < -0.39 is 30.4 Å². The van der Waals surface area contributed by atoms with Crippen molar-refractivity contribution in [3.63, 3.8) is 0 Å². The van der Waals surface area contributed by atoms with Crippen molar-refractivity contribution in [2.75, 3.05) is 20.7 Å². The van der Waals surface area contributed by atoms with Crippen LogP contribution < -0.4 is 5.32 Å². The predicted octanol–water partition coefficient (Wildman–Crippen LogP) is 2.46. The SMILES string of the molecule is CN(C)C(=O)[C@H](CC(=O)O)NC(=O)OCC1c2ccccc2-c2ccccc21. The molecule has 7 nitrogen and oxygen atoms in total. The summed E-state index contributed by atoms with van der Waals surface area (Å²) < 4.78 is 5.37. The summed E-state index contributed by atoms with van der Waals surface area (Å²) in [6.45, 7) is 0.0931. The highest BCUT2D eigenvalue weighted by molar-refractivity contribution is 5.89. The van der Waals surface area contributed by atoms with Crippen LogP contribution in [0.1, 0.15) is 23.5 Å². The molecule has 0 heterocycles. The van der Waals surface area contributed by atoms with Crippen LogP contribution in [0.4, 0.5) is 4.79 Å². The first-order valence-electron chi connectivity index (χ1n) is 8.93. The van der Waals surface area contributed by atoms with Gasteiger partial charge in [0.25, 0.3) is 0 Å². The molecule has 0 unspecified atom stereocenters. The van der Waals surface area contributed by atoms with E-state index in [1.807, 2.05) is 48.5 Å². The summed E-state index contributed by atoms with van der Waals surface area (Å²) in [6.07, 6.45) is -1.33. The maximum Gasteiger partial charge on any atom is 0.407 e. The van der Waals surface area contributed by atoms with Gasteiger partial charge < -0.3 is 20.1 Å². The third-order valence-corrected chi connectivity index (χ3v) is 4.75. The first kappa shape index (κ1) is 19.4. The third kappa shape index (κ3) is 3.98. The van der Waals surface area contributed by atoms with E-state index in [0.29, 0.717) is 0 Å². The molecule has 0 aliphatic heterocycles. The number of carboxylic acid groups (broad SMARTS) is 1. The average Bonchev–Trinajstić information content (AvgIpc) is 2.99. The normalized spacial score (nSPS) is 13.2. The molecule has 0 saturated carbocycles. The van der Waals surface area contributed by atoms with E-state index in [-0.39, 0.29) is 12.5 Å². The summed E-state index contributed by atoms with van der Waals surface area (Å²) in [5.41, 5.74) is 4.36. The zero-order valence-electron chi connectivity index (χ0n) is 15.7. The summed E-state index contributed by atoms with van der Waals surface area (Å²) in [6, 6.07) is 14.7. The number of rotatable bonds is 6. The number of nitrogens with zero attached hydrogens (tertiary/aromatic N) is 1. The molecule has 2 N–H and O–H groups in total. The minimum absolute atomic E-state index is 0.0931. The van der Waals surface area contributed by atoms with E-state index in [4.69, 9.17) is 9.84 Å². The molecule has 0 spiro atoms. The van der Waals surface area contributed by atoms with Gasteiger partial charge in [-0.1, -0.05) is 48.5 Å². The summed E-state index contributed by atoms with van der Waals surface area (Å²) in [5, 5.41) is 11.4. The van der Waals surface area contributed by atoms with E-state index in [2.05, 4.69) is 5.32 Å². The molecule has 1 aliphatic carbocycles. The number of aliphatic carboxylic acids is 1. The topological polar surface area (TPSA) is 95.9 Å². The Hall–Kier alpha value is -3.35. The van der Waals surface area contributed by atoms with Gasteiger partial charge in [-0.3, -0.25) is 9.59 Å². The molecule has 2 aromatic rings. The average molecular weight is 382 g/mol. The van der Waals surface area contributed by atoms with Crippen molar-refractivity contribution in [2.45, 2.75) is 18.4 Å². The minimum Gasteiger partial charge on any atom is -0.481 e. The van der Waals surface area contributed by atoms with Crippen LogP contribution in [0.2, 0.25) is 0 Å². The second-order valence-corrected chi connectivity index (χ2v) is 6.85. The number of likely N-dealkylation sites (N-methyl/N-ethyl adjacent to an activating group) is 1. The van der Waals surface area contributed by atoms with E-state index >= 15 is 0 Å². The van der Waals surface area contributed by atoms with Gasteiger partial charge in [-0.2, -0.15) is 0 Å². The van der Waals surface area contributed by atoms with Crippen LogP contribution in [-0.2, 0) is 14.3 Å². The molecule has 7 heteroatoms. The van der Waals surface area contributed by atoms with E-state index in [9.17, 15) is 14.4 Å². The van der Waals surface area contributed by atoms with Crippen LogP contribution >= 0.6 is 0 Å². The number of carbonyl (C=O) groups excluding carboxylic acids is 2. The highest BCUT2D eigenvalue weighted by Crippen LogP contribution is 2.44. The number of carboxylic acids is 1. The Labute approximate surface area is 162 Å². The molecule has 2 amide bonds. The Morgan fingerprint density at radius 2 is 1.57 bits per heavy atom. The van der Waals surface area contributed by atoms with Gasteiger partial charge in [-0.05, 0) is 22.3 Å². The zero-order valence-corrected chi connectivity index (χ0v) is 15.7. The summed E-state index contributed by atoms with van der Waals surface area (Å²) >= 11 is 0. The lowest BCUT2D eigenvalue weighted by Crippen LogP contribution is -2.47. The van der Waals surface area contributed by atoms with Crippen molar-refractivity contribution in [3.8, 4) is 11.1 Å². The van der Waals surface area contributed by atoms with Crippen LogP contribution in [0.3, 0.4) is 0 Å². The fraction of sp³-hybridized carbons (Fsp3) is 0.286. The number of ether oxygens (including phenoxy) is 1. The van der Waals surface area contributed by atoms with Crippen molar-refractivity contribution in [2.24, 2.45) is 0 Å². The first-order valence-corrected chi connectivity index (χ1v) is 8.93. The van der Waals surface area contributed by atoms with Gasteiger partial charge in [0.1, 0.15) is 12.6 Å². The smallest absolute Gasteiger partial charge is 0.407 e. The van der Waals surface area contributed by atoms with Crippen molar-refractivity contribution in [3.05, 3.63) is 59.7 Å². The lowest BCUT2D eigenvalue weighted by atomic mass is 9.98. The largest absolute Gasteiger partial charge is 0.481 e. The molecule has 0 radical (unpaired) electrons. The van der Waals surface area contributed by atoms with Crippen LogP contribution in [0.25, 0.3) is 11.1 Å². The minimum atomic E-state index is -1.18. The maximum atomic E-state index is 12.2. The van der Waals surface area contributed by atoms with Gasteiger partial charge in [-0.15, -0.1) is 0 Å². The third-order valence-electron chi connectivity index (χ3n) is 4.75. The fourth-order valence-electron chi connectivity index (χ4n) is 3.47. The first-order chi connectivity index (χ1) is 13.4. The van der Waals surface area contributed by atoms with Gasteiger partial charge in [0.15, 0.2) is 0 Å². The Morgan fingerprint density at radius 3 is 2.07 bits per heavy atom. The summed E-state index contributed by atoms with van der Waals surface area (Å²) in [7, 11) is 2.99. The molecule has 0 saturated heterocycles. The summed E-state index contributed by atoms with van der Waals surface area (Å²) in [4.78, 5) is 36.6.